The normalized spacial score (nSPS) is 22.5. The van der Waals surface area contributed by atoms with Crippen molar-refractivity contribution in [2.75, 3.05) is 31.4 Å². The first-order valence-corrected chi connectivity index (χ1v) is 13.3. The molecule has 32 heavy (non-hydrogen) atoms. The Morgan fingerprint density at radius 3 is 1.84 bits per heavy atom. The second kappa shape index (κ2) is 10.1. The maximum atomic E-state index is 11.6. The van der Waals surface area contributed by atoms with Crippen molar-refractivity contribution >= 4 is 15.5 Å². The summed E-state index contributed by atoms with van der Waals surface area (Å²) in [5, 5.41) is 0. The van der Waals surface area contributed by atoms with E-state index in [1.54, 1.807) is 31.4 Å². The minimum absolute atomic E-state index is 0.163. The van der Waals surface area contributed by atoms with Crippen LogP contribution in [0.5, 0.6) is 11.5 Å². The average Bonchev–Trinajstić information content (AvgIpc) is 2.81. The molecule has 1 aliphatic carbocycles. The number of hydrogen-bond acceptors (Lipinski definition) is 6. The van der Waals surface area contributed by atoms with Gasteiger partial charge in [0.15, 0.2) is 9.84 Å². The molecule has 0 N–H and O–H groups in total. The van der Waals surface area contributed by atoms with E-state index in [4.69, 9.17) is 14.2 Å². The number of rotatable bonds is 7. The zero-order valence-electron chi connectivity index (χ0n) is 18.9. The van der Waals surface area contributed by atoms with Crippen LogP contribution in [-0.4, -0.2) is 53.2 Å². The minimum Gasteiger partial charge on any atom is -0.497 e. The van der Waals surface area contributed by atoms with Crippen LogP contribution in [0.2, 0.25) is 0 Å². The van der Waals surface area contributed by atoms with E-state index in [1.165, 1.54) is 11.9 Å². The fraction of sp³-hybridized carbons (Fsp3) is 0.520. The third kappa shape index (κ3) is 5.95. The van der Waals surface area contributed by atoms with Crippen molar-refractivity contribution in [2.24, 2.45) is 0 Å². The molecular formula is C25H33NO5S. The van der Waals surface area contributed by atoms with Gasteiger partial charge in [0.25, 0.3) is 0 Å². The van der Waals surface area contributed by atoms with Gasteiger partial charge in [-0.15, -0.1) is 0 Å². The van der Waals surface area contributed by atoms with Gasteiger partial charge in [-0.25, -0.2) is 8.42 Å². The van der Waals surface area contributed by atoms with Crippen LogP contribution in [0.3, 0.4) is 0 Å². The van der Waals surface area contributed by atoms with E-state index in [0.29, 0.717) is 17.1 Å². The maximum absolute atomic E-state index is 11.6. The molecule has 2 fully saturated rings. The highest BCUT2D eigenvalue weighted by Gasteiger charge is 2.27. The number of hydrogen-bond donors (Lipinski definition) is 0. The third-order valence-corrected chi connectivity index (χ3v) is 7.57. The lowest BCUT2D eigenvalue weighted by atomic mass is 9.94. The van der Waals surface area contributed by atoms with Gasteiger partial charge in [0, 0.05) is 25.0 Å². The van der Waals surface area contributed by atoms with Gasteiger partial charge in [-0.05, 0) is 87.1 Å². The van der Waals surface area contributed by atoms with Crippen molar-refractivity contribution in [1.82, 2.24) is 0 Å². The van der Waals surface area contributed by atoms with Gasteiger partial charge in [0.1, 0.15) is 11.5 Å². The maximum Gasteiger partial charge on any atom is 0.175 e. The number of anilines is 1. The van der Waals surface area contributed by atoms with Crippen molar-refractivity contribution in [2.45, 2.75) is 61.7 Å². The Morgan fingerprint density at radius 1 is 0.750 bits per heavy atom. The molecule has 1 saturated heterocycles. The largest absolute Gasteiger partial charge is 0.497 e. The van der Waals surface area contributed by atoms with E-state index in [9.17, 15) is 8.42 Å². The van der Waals surface area contributed by atoms with E-state index in [1.807, 2.05) is 12.1 Å². The quantitative estimate of drug-likeness (QED) is 0.609. The number of methoxy groups -OCH3 is 1. The highest BCUT2D eigenvalue weighted by Crippen LogP contribution is 2.29. The summed E-state index contributed by atoms with van der Waals surface area (Å²) in [4.78, 5) is 2.74. The Kier molecular flexibility index (Phi) is 7.26. The van der Waals surface area contributed by atoms with Gasteiger partial charge < -0.3 is 19.1 Å². The van der Waals surface area contributed by atoms with Crippen molar-refractivity contribution in [3.8, 4) is 11.5 Å². The third-order valence-electron chi connectivity index (χ3n) is 6.44. The van der Waals surface area contributed by atoms with Gasteiger partial charge in [-0.3, -0.25) is 0 Å². The van der Waals surface area contributed by atoms with Gasteiger partial charge in [0.2, 0.25) is 0 Å². The average molecular weight is 460 g/mol. The lowest BCUT2D eigenvalue weighted by Crippen LogP contribution is -2.39. The van der Waals surface area contributed by atoms with Crippen LogP contribution in [0.4, 0.5) is 5.69 Å². The topological polar surface area (TPSA) is 65.1 Å². The van der Waals surface area contributed by atoms with Crippen LogP contribution in [0.25, 0.3) is 0 Å². The standard InChI is InChI=1S/C25H33NO5S/c1-29-20-5-3-19(4-6-20)26-17-15-24(16-18-26)31-22-9-7-21(8-10-22)30-23-11-13-25(14-12-23)32(2,27)28/h3-6,11-14,21-22,24H,7-10,15-18H2,1-2H3/t21-,22-. The summed E-state index contributed by atoms with van der Waals surface area (Å²) in [5.41, 5.74) is 1.24. The lowest BCUT2D eigenvalue weighted by Gasteiger charge is -2.37. The predicted octanol–water partition coefficient (Wildman–Crippen LogP) is 4.47. The smallest absolute Gasteiger partial charge is 0.175 e. The Balaban J connectivity index is 1.18. The van der Waals surface area contributed by atoms with Crippen LogP contribution >= 0.6 is 0 Å². The Bertz CT molecular complexity index is 958. The number of piperidine rings is 1. The summed E-state index contributed by atoms with van der Waals surface area (Å²) in [6.45, 7) is 2.03. The molecule has 1 saturated carbocycles. The summed E-state index contributed by atoms with van der Waals surface area (Å²) in [7, 11) is -1.49. The first kappa shape index (κ1) is 22.9. The van der Waals surface area contributed by atoms with E-state index < -0.39 is 9.84 Å². The summed E-state index contributed by atoms with van der Waals surface area (Å²) < 4.78 is 40.9. The molecule has 0 unspecified atom stereocenters. The molecule has 4 rings (SSSR count). The molecular weight excluding hydrogens is 426 g/mol. The molecule has 2 aromatic rings. The van der Waals surface area contributed by atoms with Crippen LogP contribution in [0, 0.1) is 0 Å². The van der Waals surface area contributed by atoms with Crippen molar-refractivity contribution < 1.29 is 22.6 Å². The molecule has 0 aromatic heterocycles. The molecule has 1 aliphatic heterocycles. The zero-order valence-corrected chi connectivity index (χ0v) is 19.7. The zero-order chi connectivity index (χ0) is 22.6. The molecule has 6 nitrogen and oxygen atoms in total. The number of nitrogens with zero attached hydrogens (tertiary/aromatic N) is 1. The molecule has 0 amide bonds. The summed E-state index contributed by atoms with van der Waals surface area (Å²) in [5.74, 6) is 1.62. The summed E-state index contributed by atoms with van der Waals surface area (Å²) in [6.07, 6.45) is 8.05. The number of sulfone groups is 1. The van der Waals surface area contributed by atoms with Crippen LogP contribution in [-0.2, 0) is 14.6 Å². The molecule has 174 valence electrons. The van der Waals surface area contributed by atoms with E-state index >= 15 is 0 Å². The van der Waals surface area contributed by atoms with Crippen LogP contribution in [0.15, 0.2) is 53.4 Å². The molecule has 1 heterocycles. The number of ether oxygens (including phenoxy) is 3. The summed E-state index contributed by atoms with van der Waals surface area (Å²) in [6, 6.07) is 15.0. The van der Waals surface area contributed by atoms with Gasteiger partial charge in [-0.2, -0.15) is 0 Å². The molecule has 0 spiro atoms. The second-order valence-electron chi connectivity index (χ2n) is 8.78. The number of benzene rings is 2. The van der Waals surface area contributed by atoms with Gasteiger partial charge in [-0.1, -0.05) is 0 Å². The summed E-state index contributed by atoms with van der Waals surface area (Å²) >= 11 is 0. The Hall–Kier alpha value is -2.25. The molecule has 2 aromatic carbocycles. The van der Waals surface area contributed by atoms with Gasteiger partial charge >= 0.3 is 0 Å². The predicted molar refractivity (Wildman–Crippen MR) is 126 cm³/mol. The highest BCUT2D eigenvalue weighted by atomic mass is 32.2. The molecule has 0 bridgehead atoms. The molecule has 2 aliphatic rings. The van der Waals surface area contributed by atoms with Crippen LogP contribution < -0.4 is 14.4 Å². The first-order chi connectivity index (χ1) is 15.4. The second-order valence-corrected chi connectivity index (χ2v) is 10.8. The Morgan fingerprint density at radius 2 is 1.28 bits per heavy atom. The first-order valence-electron chi connectivity index (χ1n) is 11.4. The Labute approximate surface area is 191 Å². The van der Waals surface area contributed by atoms with E-state index in [0.717, 1.165) is 63.1 Å². The molecule has 0 radical (unpaired) electrons. The highest BCUT2D eigenvalue weighted by molar-refractivity contribution is 7.90. The van der Waals surface area contributed by atoms with Crippen LogP contribution in [0.1, 0.15) is 38.5 Å². The van der Waals surface area contributed by atoms with Crippen molar-refractivity contribution in [3.05, 3.63) is 48.5 Å². The molecule has 0 atom stereocenters. The minimum atomic E-state index is -3.18. The lowest BCUT2D eigenvalue weighted by molar-refractivity contribution is -0.0527. The van der Waals surface area contributed by atoms with E-state index in [2.05, 4.69) is 17.0 Å². The molecule has 7 heteroatoms. The monoisotopic (exact) mass is 459 g/mol. The van der Waals surface area contributed by atoms with Gasteiger partial charge in [0.05, 0.1) is 30.3 Å². The SMILES string of the molecule is COc1ccc(N2CCC(O[C@H]3CC[C@H](Oc4ccc(S(C)(=O)=O)cc4)CC3)CC2)cc1. The van der Waals surface area contributed by atoms with Crippen molar-refractivity contribution in [1.29, 1.82) is 0 Å². The fourth-order valence-corrected chi connectivity index (χ4v) is 5.19. The van der Waals surface area contributed by atoms with Crippen molar-refractivity contribution in [3.63, 3.8) is 0 Å². The fourth-order valence-electron chi connectivity index (χ4n) is 4.56. The van der Waals surface area contributed by atoms with E-state index in [-0.39, 0.29) is 6.10 Å².